The lowest BCUT2D eigenvalue weighted by atomic mass is 10.1. The Hall–Kier alpha value is -2.70. The molecule has 6 heteroatoms. The van der Waals surface area contributed by atoms with Crippen LogP contribution in [0.25, 0.3) is 5.65 Å². The molecule has 0 saturated carbocycles. The van der Waals surface area contributed by atoms with Crippen LogP contribution >= 0.6 is 0 Å². The van der Waals surface area contributed by atoms with Gasteiger partial charge in [-0.2, -0.15) is 0 Å². The van der Waals surface area contributed by atoms with Crippen LogP contribution in [-0.2, 0) is 13.1 Å². The molecule has 6 nitrogen and oxygen atoms in total. The van der Waals surface area contributed by atoms with Crippen molar-refractivity contribution in [3.8, 4) is 0 Å². The van der Waals surface area contributed by atoms with Crippen molar-refractivity contribution in [1.82, 2.24) is 24.5 Å². The lowest BCUT2D eigenvalue weighted by molar-refractivity contribution is 0.0778. The number of carbonyl (C=O) groups excluding carboxylic acids is 1. The highest BCUT2D eigenvalue weighted by Crippen LogP contribution is 2.16. The van der Waals surface area contributed by atoms with Crippen LogP contribution in [-0.4, -0.2) is 58.3 Å². The molecule has 0 radical (unpaired) electrons. The van der Waals surface area contributed by atoms with Crippen LogP contribution in [0.3, 0.4) is 0 Å². The number of benzene rings is 1. The number of piperidine rings is 1. The fourth-order valence-corrected chi connectivity index (χ4v) is 4.12. The molecule has 2 aromatic heterocycles. The van der Waals surface area contributed by atoms with Crippen molar-refractivity contribution in [2.75, 3.05) is 33.2 Å². The molecular weight excluding hydrogens is 374 g/mol. The highest BCUT2D eigenvalue weighted by Gasteiger charge is 2.22. The van der Waals surface area contributed by atoms with Gasteiger partial charge in [-0.25, -0.2) is 4.98 Å². The molecule has 30 heavy (non-hydrogen) atoms. The minimum absolute atomic E-state index is 0.0459. The number of fused-ring (bicyclic) bond motifs is 1. The summed E-state index contributed by atoms with van der Waals surface area (Å²) >= 11 is 0. The average Bonchev–Trinajstić information content (AvgIpc) is 3.16. The molecule has 1 N–H and O–H groups in total. The van der Waals surface area contributed by atoms with Gasteiger partial charge < -0.3 is 19.5 Å². The topological polar surface area (TPSA) is 52.9 Å². The third-order valence-electron chi connectivity index (χ3n) is 5.79. The number of pyridine rings is 1. The van der Waals surface area contributed by atoms with E-state index in [9.17, 15) is 4.79 Å². The molecule has 1 aromatic carbocycles. The molecule has 1 fully saturated rings. The molecule has 158 valence electrons. The summed E-state index contributed by atoms with van der Waals surface area (Å²) in [6.07, 6.45) is 5.95. The maximum atomic E-state index is 13.2. The molecular formula is C24H31N5O. The Morgan fingerprint density at radius 3 is 2.63 bits per heavy atom. The number of nitrogens with one attached hydrogen (secondary N) is 1. The molecule has 0 unspecified atom stereocenters. The van der Waals surface area contributed by atoms with E-state index in [1.54, 1.807) is 4.90 Å². The Morgan fingerprint density at radius 2 is 1.83 bits per heavy atom. The zero-order valence-corrected chi connectivity index (χ0v) is 17.8. The molecule has 1 saturated heterocycles. The van der Waals surface area contributed by atoms with Crippen LogP contribution in [0.4, 0.5) is 0 Å². The highest BCUT2D eigenvalue weighted by atomic mass is 16.2. The number of carbonyl (C=O) groups is 1. The molecule has 0 atom stereocenters. The van der Waals surface area contributed by atoms with Gasteiger partial charge in [0.15, 0.2) is 5.69 Å². The molecule has 3 aromatic rings. The zero-order valence-electron chi connectivity index (χ0n) is 17.8. The summed E-state index contributed by atoms with van der Waals surface area (Å²) in [5.41, 5.74) is 3.37. The van der Waals surface area contributed by atoms with Gasteiger partial charge in [0, 0.05) is 39.4 Å². The molecule has 0 bridgehead atoms. The van der Waals surface area contributed by atoms with Crippen molar-refractivity contribution in [1.29, 1.82) is 0 Å². The van der Waals surface area contributed by atoms with E-state index in [1.807, 2.05) is 66.2 Å². The minimum Gasteiger partial charge on any atom is -0.336 e. The SMILES string of the molecule is CN(Cc1ccccc1)C(=O)c1nc2ccccn2c1CNCCN1CCCCC1. The number of aromatic nitrogens is 2. The minimum atomic E-state index is -0.0459. The van der Waals surface area contributed by atoms with Crippen LogP contribution in [0, 0.1) is 0 Å². The van der Waals surface area contributed by atoms with Crippen molar-refractivity contribution >= 4 is 11.6 Å². The summed E-state index contributed by atoms with van der Waals surface area (Å²) < 4.78 is 2.03. The van der Waals surface area contributed by atoms with Gasteiger partial charge in [-0.15, -0.1) is 0 Å². The standard InChI is InChI=1S/C24H31N5O/c1-27(19-20-10-4-2-5-11-20)24(30)23-21(29-16-9-6-12-22(29)26-23)18-25-13-17-28-14-7-3-8-15-28/h2,4-6,9-12,16,25H,3,7-8,13-15,17-19H2,1H3. The van der Waals surface area contributed by atoms with E-state index in [0.29, 0.717) is 18.8 Å². The van der Waals surface area contributed by atoms with Crippen molar-refractivity contribution in [3.05, 3.63) is 71.7 Å². The normalized spacial score (nSPS) is 14.8. The Balaban J connectivity index is 1.46. The smallest absolute Gasteiger partial charge is 0.274 e. The van der Waals surface area contributed by atoms with E-state index in [2.05, 4.69) is 15.2 Å². The van der Waals surface area contributed by atoms with Gasteiger partial charge in [-0.3, -0.25) is 4.79 Å². The predicted molar refractivity (Wildman–Crippen MR) is 119 cm³/mol. The van der Waals surface area contributed by atoms with Gasteiger partial charge in [0.2, 0.25) is 0 Å². The molecule has 1 aliphatic heterocycles. The largest absolute Gasteiger partial charge is 0.336 e. The summed E-state index contributed by atoms with van der Waals surface area (Å²) in [5, 5.41) is 3.54. The Bertz CT molecular complexity index is 962. The Morgan fingerprint density at radius 1 is 1.07 bits per heavy atom. The summed E-state index contributed by atoms with van der Waals surface area (Å²) in [7, 11) is 1.84. The Labute approximate surface area is 178 Å². The first-order valence-corrected chi connectivity index (χ1v) is 10.9. The molecule has 3 heterocycles. The second-order valence-corrected chi connectivity index (χ2v) is 8.06. The van der Waals surface area contributed by atoms with Gasteiger partial charge in [0.05, 0.1) is 5.69 Å². The fourth-order valence-electron chi connectivity index (χ4n) is 4.12. The van der Waals surface area contributed by atoms with E-state index in [-0.39, 0.29) is 5.91 Å². The molecule has 0 spiro atoms. The quantitative estimate of drug-likeness (QED) is 0.585. The average molecular weight is 406 g/mol. The van der Waals surface area contributed by atoms with Gasteiger partial charge in [0.25, 0.3) is 5.91 Å². The van der Waals surface area contributed by atoms with Crippen molar-refractivity contribution in [3.63, 3.8) is 0 Å². The van der Waals surface area contributed by atoms with Gasteiger partial charge >= 0.3 is 0 Å². The van der Waals surface area contributed by atoms with Gasteiger partial charge in [0.1, 0.15) is 5.65 Å². The van der Waals surface area contributed by atoms with E-state index < -0.39 is 0 Å². The van der Waals surface area contributed by atoms with Crippen LogP contribution < -0.4 is 5.32 Å². The summed E-state index contributed by atoms with van der Waals surface area (Å²) in [4.78, 5) is 22.2. The second kappa shape index (κ2) is 9.87. The van der Waals surface area contributed by atoms with Gasteiger partial charge in [-0.05, 0) is 43.6 Å². The number of hydrogen-bond acceptors (Lipinski definition) is 4. The first-order chi connectivity index (χ1) is 14.7. The second-order valence-electron chi connectivity index (χ2n) is 8.06. The van der Waals surface area contributed by atoms with Crippen LogP contribution in [0.5, 0.6) is 0 Å². The first kappa shape index (κ1) is 20.6. The molecule has 1 amide bonds. The number of imidazole rings is 1. The highest BCUT2D eigenvalue weighted by molar-refractivity contribution is 5.94. The van der Waals surface area contributed by atoms with Crippen molar-refractivity contribution < 1.29 is 4.79 Å². The number of nitrogens with zero attached hydrogens (tertiary/aromatic N) is 4. The Kier molecular flexibility index (Phi) is 6.77. The maximum Gasteiger partial charge on any atom is 0.274 e. The third-order valence-corrected chi connectivity index (χ3v) is 5.79. The maximum absolute atomic E-state index is 13.2. The zero-order chi connectivity index (χ0) is 20.8. The molecule has 1 aliphatic rings. The van der Waals surface area contributed by atoms with Crippen molar-refractivity contribution in [2.24, 2.45) is 0 Å². The monoisotopic (exact) mass is 405 g/mol. The van der Waals surface area contributed by atoms with Crippen LogP contribution in [0.15, 0.2) is 54.7 Å². The van der Waals surface area contributed by atoms with Crippen LogP contribution in [0.1, 0.15) is 41.0 Å². The van der Waals surface area contributed by atoms with E-state index in [1.165, 1.54) is 32.4 Å². The predicted octanol–water partition coefficient (Wildman–Crippen LogP) is 3.18. The first-order valence-electron chi connectivity index (χ1n) is 10.9. The van der Waals surface area contributed by atoms with E-state index >= 15 is 0 Å². The van der Waals surface area contributed by atoms with Crippen LogP contribution in [0.2, 0.25) is 0 Å². The molecule has 0 aliphatic carbocycles. The lowest BCUT2D eigenvalue weighted by Crippen LogP contribution is -2.36. The van der Waals surface area contributed by atoms with E-state index in [4.69, 9.17) is 0 Å². The summed E-state index contributed by atoms with van der Waals surface area (Å²) in [6, 6.07) is 15.9. The number of amides is 1. The lowest BCUT2D eigenvalue weighted by Gasteiger charge is -2.26. The van der Waals surface area contributed by atoms with Gasteiger partial charge in [-0.1, -0.05) is 42.8 Å². The number of rotatable bonds is 8. The fraction of sp³-hybridized carbons (Fsp3) is 0.417. The number of likely N-dealkylation sites (tertiary alicyclic amines) is 1. The summed E-state index contributed by atoms with van der Waals surface area (Å²) in [6.45, 7) is 5.55. The van der Waals surface area contributed by atoms with Crippen molar-refractivity contribution in [2.45, 2.75) is 32.4 Å². The third kappa shape index (κ3) is 4.89. The summed E-state index contributed by atoms with van der Waals surface area (Å²) in [5.74, 6) is -0.0459. The molecule has 4 rings (SSSR count). The number of hydrogen-bond donors (Lipinski definition) is 1. The van der Waals surface area contributed by atoms with E-state index in [0.717, 1.165) is 30.0 Å².